The highest BCUT2D eigenvalue weighted by Gasteiger charge is 2.17. The first-order valence-corrected chi connectivity index (χ1v) is 7.77. The van der Waals surface area contributed by atoms with Gasteiger partial charge in [-0.05, 0) is 50.2 Å². The van der Waals surface area contributed by atoms with Crippen molar-refractivity contribution in [3.8, 4) is 0 Å². The molecule has 0 amide bonds. The van der Waals surface area contributed by atoms with Crippen LogP contribution in [0.15, 0.2) is 0 Å². The summed E-state index contributed by atoms with van der Waals surface area (Å²) in [5, 5.41) is 3.50. The quantitative estimate of drug-likeness (QED) is 0.668. The molecule has 1 atom stereocenters. The van der Waals surface area contributed by atoms with Gasteiger partial charge in [-0.1, -0.05) is 26.2 Å². The summed E-state index contributed by atoms with van der Waals surface area (Å²) in [6.45, 7) is 2.28. The van der Waals surface area contributed by atoms with Crippen LogP contribution in [0.4, 0.5) is 0 Å². The van der Waals surface area contributed by atoms with E-state index in [1.807, 2.05) is 0 Å². The zero-order chi connectivity index (χ0) is 10.9. The summed E-state index contributed by atoms with van der Waals surface area (Å²) in [4.78, 5) is 0. The van der Waals surface area contributed by atoms with E-state index in [0.717, 1.165) is 12.0 Å². The van der Waals surface area contributed by atoms with Gasteiger partial charge in [-0.2, -0.15) is 11.8 Å². The van der Waals surface area contributed by atoms with Gasteiger partial charge in [0.05, 0.1) is 0 Å². The second-order valence-electron chi connectivity index (χ2n) is 4.77. The highest BCUT2D eigenvalue weighted by atomic mass is 32.2. The lowest BCUT2D eigenvalue weighted by Crippen LogP contribution is -2.29. The summed E-state index contributed by atoms with van der Waals surface area (Å²) < 4.78 is 0. The third kappa shape index (κ3) is 5.82. The molecule has 1 unspecified atom stereocenters. The summed E-state index contributed by atoms with van der Waals surface area (Å²) in [6, 6.07) is 0.782. The van der Waals surface area contributed by atoms with E-state index in [4.69, 9.17) is 0 Å². The van der Waals surface area contributed by atoms with E-state index >= 15 is 0 Å². The second-order valence-corrected chi connectivity index (χ2v) is 6.00. The van der Waals surface area contributed by atoms with Gasteiger partial charge >= 0.3 is 0 Å². The van der Waals surface area contributed by atoms with E-state index in [-0.39, 0.29) is 0 Å². The van der Waals surface area contributed by atoms with Crippen LogP contribution in [0.1, 0.15) is 51.9 Å². The maximum atomic E-state index is 3.50. The molecule has 0 aliphatic carbocycles. The average Bonchev–Trinajstić information content (AvgIpc) is 2.29. The maximum Gasteiger partial charge on any atom is 0.00667 e. The molecule has 90 valence electrons. The third-order valence-electron chi connectivity index (χ3n) is 3.52. The van der Waals surface area contributed by atoms with E-state index in [2.05, 4.69) is 31.1 Å². The normalized spacial score (nSPS) is 20.4. The molecule has 1 heterocycles. The highest BCUT2D eigenvalue weighted by molar-refractivity contribution is 7.99. The predicted octanol–water partition coefficient (Wildman–Crippen LogP) is 3.69. The molecule has 0 bridgehead atoms. The van der Waals surface area contributed by atoms with Crippen molar-refractivity contribution in [2.75, 3.05) is 18.6 Å². The Morgan fingerprint density at radius 1 is 1.27 bits per heavy atom. The summed E-state index contributed by atoms with van der Waals surface area (Å²) in [6.07, 6.45) is 9.86. The van der Waals surface area contributed by atoms with Gasteiger partial charge in [0, 0.05) is 6.04 Å². The topological polar surface area (TPSA) is 12.0 Å². The Kier molecular flexibility index (Phi) is 7.54. The van der Waals surface area contributed by atoms with Crippen LogP contribution in [0, 0.1) is 5.92 Å². The molecule has 0 aromatic heterocycles. The Morgan fingerprint density at radius 3 is 2.60 bits per heavy atom. The van der Waals surface area contributed by atoms with E-state index < -0.39 is 0 Å². The summed E-state index contributed by atoms with van der Waals surface area (Å²) in [5.41, 5.74) is 0. The Labute approximate surface area is 99.8 Å². The molecule has 1 aliphatic rings. The number of hydrogen-bond donors (Lipinski definition) is 1. The minimum absolute atomic E-state index is 0.782. The molecule has 1 rings (SSSR count). The number of thioether (sulfide) groups is 1. The van der Waals surface area contributed by atoms with Crippen molar-refractivity contribution >= 4 is 11.8 Å². The minimum Gasteiger partial charge on any atom is -0.317 e. The van der Waals surface area contributed by atoms with Gasteiger partial charge in [-0.25, -0.2) is 0 Å². The van der Waals surface area contributed by atoms with Crippen LogP contribution in [0.25, 0.3) is 0 Å². The monoisotopic (exact) mass is 229 g/mol. The number of nitrogens with one attached hydrogen (secondary N) is 1. The highest BCUT2D eigenvalue weighted by Crippen LogP contribution is 2.27. The first kappa shape index (κ1) is 13.4. The Bertz CT molecular complexity index is 143. The van der Waals surface area contributed by atoms with Crippen molar-refractivity contribution < 1.29 is 0 Å². The van der Waals surface area contributed by atoms with Gasteiger partial charge in [0.2, 0.25) is 0 Å². The lowest BCUT2D eigenvalue weighted by molar-refractivity contribution is 0.357. The van der Waals surface area contributed by atoms with Crippen LogP contribution in [0.2, 0.25) is 0 Å². The summed E-state index contributed by atoms with van der Waals surface area (Å²) in [5.74, 6) is 3.80. The van der Waals surface area contributed by atoms with E-state index in [9.17, 15) is 0 Å². The molecule has 0 spiro atoms. The fourth-order valence-electron chi connectivity index (χ4n) is 2.41. The van der Waals surface area contributed by atoms with Crippen LogP contribution >= 0.6 is 11.8 Å². The number of hydrogen-bond acceptors (Lipinski definition) is 2. The molecular formula is C13H27NS. The zero-order valence-electron chi connectivity index (χ0n) is 10.4. The van der Waals surface area contributed by atoms with E-state index in [0.29, 0.717) is 0 Å². The number of rotatable bonds is 7. The fourth-order valence-corrected chi connectivity index (χ4v) is 3.61. The third-order valence-corrected chi connectivity index (χ3v) is 4.57. The van der Waals surface area contributed by atoms with Gasteiger partial charge in [-0.15, -0.1) is 0 Å². The molecule has 1 aliphatic heterocycles. The predicted molar refractivity (Wildman–Crippen MR) is 71.7 cm³/mol. The lowest BCUT2D eigenvalue weighted by Gasteiger charge is -2.26. The van der Waals surface area contributed by atoms with Gasteiger partial charge in [0.1, 0.15) is 0 Å². The number of unbranched alkanes of at least 4 members (excludes halogenated alkanes) is 2. The van der Waals surface area contributed by atoms with Crippen molar-refractivity contribution in [1.82, 2.24) is 5.32 Å². The van der Waals surface area contributed by atoms with Crippen LogP contribution < -0.4 is 5.32 Å². The lowest BCUT2D eigenvalue weighted by atomic mass is 9.92. The van der Waals surface area contributed by atoms with Crippen LogP contribution in [-0.2, 0) is 0 Å². The van der Waals surface area contributed by atoms with Crippen molar-refractivity contribution in [3.63, 3.8) is 0 Å². The van der Waals surface area contributed by atoms with Crippen LogP contribution in [0.3, 0.4) is 0 Å². The standard InChI is InChI=1S/C13H27NS/c1-3-4-5-6-13(14-2)11-12-7-9-15-10-8-12/h12-14H,3-11H2,1-2H3. The van der Waals surface area contributed by atoms with Crippen molar-refractivity contribution in [2.24, 2.45) is 5.92 Å². The van der Waals surface area contributed by atoms with Crippen molar-refractivity contribution in [1.29, 1.82) is 0 Å². The first-order valence-electron chi connectivity index (χ1n) is 6.61. The van der Waals surface area contributed by atoms with Crippen LogP contribution in [0.5, 0.6) is 0 Å². The zero-order valence-corrected chi connectivity index (χ0v) is 11.2. The van der Waals surface area contributed by atoms with Gasteiger partial charge in [-0.3, -0.25) is 0 Å². The van der Waals surface area contributed by atoms with Crippen LogP contribution in [-0.4, -0.2) is 24.6 Å². The molecule has 0 radical (unpaired) electrons. The Hall–Kier alpha value is 0.310. The van der Waals surface area contributed by atoms with E-state index in [1.54, 1.807) is 0 Å². The molecule has 1 N–H and O–H groups in total. The molecule has 2 heteroatoms. The molecule has 15 heavy (non-hydrogen) atoms. The first-order chi connectivity index (χ1) is 7.36. The summed E-state index contributed by atoms with van der Waals surface area (Å²) in [7, 11) is 2.13. The molecule has 0 saturated carbocycles. The molecule has 0 aromatic rings. The molecule has 1 fully saturated rings. The summed E-state index contributed by atoms with van der Waals surface area (Å²) >= 11 is 2.13. The Morgan fingerprint density at radius 2 is 2.00 bits per heavy atom. The van der Waals surface area contributed by atoms with Crippen molar-refractivity contribution in [2.45, 2.75) is 57.9 Å². The second kappa shape index (κ2) is 8.46. The van der Waals surface area contributed by atoms with E-state index in [1.165, 1.54) is 56.5 Å². The minimum atomic E-state index is 0.782. The molecular weight excluding hydrogens is 202 g/mol. The smallest absolute Gasteiger partial charge is 0.00667 e. The largest absolute Gasteiger partial charge is 0.317 e. The molecule has 0 aromatic carbocycles. The maximum absolute atomic E-state index is 3.50. The van der Waals surface area contributed by atoms with Gasteiger partial charge in [0.25, 0.3) is 0 Å². The molecule has 1 saturated heterocycles. The van der Waals surface area contributed by atoms with Crippen molar-refractivity contribution in [3.05, 3.63) is 0 Å². The Balaban J connectivity index is 2.13. The van der Waals surface area contributed by atoms with Gasteiger partial charge in [0.15, 0.2) is 0 Å². The SMILES string of the molecule is CCCCCC(CC1CCSCC1)NC. The fraction of sp³-hybridized carbons (Fsp3) is 1.00. The molecule has 1 nitrogen and oxygen atoms in total. The average molecular weight is 229 g/mol. The van der Waals surface area contributed by atoms with Gasteiger partial charge < -0.3 is 5.32 Å².